The van der Waals surface area contributed by atoms with E-state index in [1.165, 1.54) is 24.3 Å². The average Bonchev–Trinajstić information content (AvgIpc) is 2.89. The Morgan fingerprint density at radius 3 is 2.63 bits per heavy atom. The van der Waals surface area contributed by atoms with Crippen LogP contribution < -0.4 is 5.32 Å². The topological polar surface area (TPSA) is 55.4 Å². The summed E-state index contributed by atoms with van der Waals surface area (Å²) in [5.41, 5.74) is 0.429. The summed E-state index contributed by atoms with van der Waals surface area (Å²) >= 11 is 0. The Labute approximate surface area is 110 Å². The molecule has 1 atom stereocenters. The molecule has 1 amide bonds. The van der Waals surface area contributed by atoms with Crippen molar-refractivity contribution in [3.05, 3.63) is 35.6 Å². The summed E-state index contributed by atoms with van der Waals surface area (Å²) in [4.78, 5) is 23.4. The lowest BCUT2D eigenvalue weighted by Gasteiger charge is -2.10. The number of carbonyl (C=O) groups excluding carboxylic acids is 2. The molecule has 0 spiro atoms. The van der Waals surface area contributed by atoms with Gasteiger partial charge in [0.15, 0.2) is 5.78 Å². The molecular weight excluding hydrogens is 249 g/mol. The van der Waals surface area contributed by atoms with Crippen molar-refractivity contribution in [1.82, 2.24) is 5.32 Å². The summed E-state index contributed by atoms with van der Waals surface area (Å²) in [5, 5.41) is 2.82. The molecule has 1 aromatic rings. The second-order valence-electron chi connectivity index (χ2n) is 4.56. The molecule has 5 heteroatoms. The van der Waals surface area contributed by atoms with E-state index in [1.54, 1.807) is 0 Å². The monoisotopic (exact) mass is 265 g/mol. The lowest BCUT2D eigenvalue weighted by molar-refractivity contribution is -0.121. The molecule has 1 unspecified atom stereocenters. The van der Waals surface area contributed by atoms with Crippen molar-refractivity contribution >= 4 is 11.7 Å². The minimum Gasteiger partial charge on any atom is -0.379 e. The van der Waals surface area contributed by atoms with Gasteiger partial charge >= 0.3 is 0 Å². The van der Waals surface area contributed by atoms with Crippen molar-refractivity contribution in [1.29, 1.82) is 0 Å². The first-order valence-electron chi connectivity index (χ1n) is 6.31. The molecule has 1 aliphatic rings. The summed E-state index contributed by atoms with van der Waals surface area (Å²) in [6.45, 7) is 1.21. The molecule has 0 saturated carbocycles. The van der Waals surface area contributed by atoms with E-state index in [9.17, 15) is 14.0 Å². The van der Waals surface area contributed by atoms with Crippen LogP contribution in [0.4, 0.5) is 4.39 Å². The molecule has 19 heavy (non-hydrogen) atoms. The number of nitrogens with one attached hydrogen (secondary N) is 1. The van der Waals surface area contributed by atoms with Crippen LogP contribution in [0.2, 0.25) is 0 Å². The third-order valence-electron chi connectivity index (χ3n) is 3.04. The van der Waals surface area contributed by atoms with Crippen molar-refractivity contribution in [3.8, 4) is 0 Å². The van der Waals surface area contributed by atoms with E-state index in [0.29, 0.717) is 18.8 Å². The van der Waals surface area contributed by atoms with Gasteiger partial charge in [-0.1, -0.05) is 0 Å². The maximum absolute atomic E-state index is 12.7. The summed E-state index contributed by atoms with van der Waals surface area (Å²) in [6, 6.07) is 5.40. The van der Waals surface area contributed by atoms with E-state index in [-0.39, 0.29) is 36.4 Å². The van der Waals surface area contributed by atoms with Crippen LogP contribution in [0.3, 0.4) is 0 Å². The number of rotatable bonds is 5. The number of ketones is 1. The Morgan fingerprint density at radius 2 is 2.00 bits per heavy atom. The fourth-order valence-electron chi connectivity index (χ4n) is 1.96. The Kier molecular flexibility index (Phi) is 4.63. The third-order valence-corrected chi connectivity index (χ3v) is 3.04. The van der Waals surface area contributed by atoms with Gasteiger partial charge in [0.25, 0.3) is 0 Å². The zero-order chi connectivity index (χ0) is 13.7. The second-order valence-corrected chi connectivity index (χ2v) is 4.56. The second kappa shape index (κ2) is 6.43. The minimum atomic E-state index is -0.379. The molecule has 2 rings (SSSR count). The molecular formula is C14H16FNO3. The van der Waals surface area contributed by atoms with Gasteiger partial charge in [0, 0.05) is 25.0 Å². The standard InChI is InChI=1S/C14H16FNO3/c15-11-3-1-10(2-4-11)13(17)5-6-14(18)16-12-7-8-19-9-12/h1-4,12H,5-9H2,(H,16,18). The molecule has 1 aromatic carbocycles. The summed E-state index contributed by atoms with van der Waals surface area (Å²) in [5.74, 6) is -0.681. The van der Waals surface area contributed by atoms with Crippen LogP contribution in [0.25, 0.3) is 0 Å². The van der Waals surface area contributed by atoms with Gasteiger partial charge < -0.3 is 10.1 Å². The summed E-state index contributed by atoms with van der Waals surface area (Å²) < 4.78 is 17.9. The van der Waals surface area contributed by atoms with E-state index >= 15 is 0 Å². The quantitative estimate of drug-likeness (QED) is 0.824. The Balaban J connectivity index is 1.76. The third kappa shape index (κ3) is 4.13. The Hall–Kier alpha value is -1.75. The van der Waals surface area contributed by atoms with Crippen LogP contribution in [0.1, 0.15) is 29.6 Å². The van der Waals surface area contributed by atoms with Gasteiger partial charge in [-0.25, -0.2) is 4.39 Å². The number of carbonyl (C=O) groups is 2. The van der Waals surface area contributed by atoms with E-state index in [2.05, 4.69) is 5.32 Å². The molecule has 1 heterocycles. The van der Waals surface area contributed by atoms with Gasteiger partial charge in [-0.05, 0) is 30.7 Å². The molecule has 1 N–H and O–H groups in total. The van der Waals surface area contributed by atoms with Crippen LogP contribution in [0, 0.1) is 5.82 Å². The van der Waals surface area contributed by atoms with E-state index in [0.717, 1.165) is 6.42 Å². The van der Waals surface area contributed by atoms with Crippen molar-refractivity contribution < 1.29 is 18.7 Å². The lowest BCUT2D eigenvalue weighted by Crippen LogP contribution is -2.35. The molecule has 4 nitrogen and oxygen atoms in total. The highest BCUT2D eigenvalue weighted by atomic mass is 19.1. The number of ether oxygens (including phenoxy) is 1. The molecule has 1 fully saturated rings. The van der Waals surface area contributed by atoms with E-state index < -0.39 is 0 Å². The maximum atomic E-state index is 12.7. The largest absolute Gasteiger partial charge is 0.379 e. The number of hydrogen-bond acceptors (Lipinski definition) is 3. The van der Waals surface area contributed by atoms with Crippen LogP contribution in [0.15, 0.2) is 24.3 Å². The molecule has 0 bridgehead atoms. The maximum Gasteiger partial charge on any atom is 0.220 e. The summed E-state index contributed by atoms with van der Waals surface area (Å²) in [6.07, 6.45) is 1.09. The van der Waals surface area contributed by atoms with Gasteiger partial charge in [0.05, 0.1) is 12.6 Å². The first kappa shape index (κ1) is 13.7. The van der Waals surface area contributed by atoms with E-state index in [4.69, 9.17) is 4.74 Å². The number of amides is 1. The van der Waals surface area contributed by atoms with Crippen molar-refractivity contribution in [2.24, 2.45) is 0 Å². The van der Waals surface area contributed by atoms with Crippen LogP contribution in [-0.4, -0.2) is 30.9 Å². The Bertz CT molecular complexity index is 452. The molecule has 1 aliphatic heterocycles. The SMILES string of the molecule is O=C(CCC(=O)c1ccc(F)cc1)NC1CCOC1. The molecule has 0 radical (unpaired) electrons. The van der Waals surface area contributed by atoms with Crippen molar-refractivity contribution in [3.63, 3.8) is 0 Å². The van der Waals surface area contributed by atoms with Gasteiger partial charge in [0.1, 0.15) is 5.82 Å². The Morgan fingerprint density at radius 1 is 1.26 bits per heavy atom. The number of Topliss-reactive ketones (excluding diaryl/α,β-unsaturated/α-hetero) is 1. The molecule has 102 valence electrons. The first-order chi connectivity index (χ1) is 9.15. The zero-order valence-electron chi connectivity index (χ0n) is 10.5. The summed E-state index contributed by atoms with van der Waals surface area (Å²) in [7, 11) is 0. The lowest BCUT2D eigenvalue weighted by atomic mass is 10.1. The first-order valence-corrected chi connectivity index (χ1v) is 6.31. The van der Waals surface area contributed by atoms with Gasteiger partial charge in [-0.3, -0.25) is 9.59 Å². The zero-order valence-corrected chi connectivity index (χ0v) is 10.5. The average molecular weight is 265 g/mol. The highest BCUT2D eigenvalue weighted by Gasteiger charge is 2.18. The predicted molar refractivity (Wildman–Crippen MR) is 67.3 cm³/mol. The van der Waals surface area contributed by atoms with Crippen LogP contribution in [0.5, 0.6) is 0 Å². The van der Waals surface area contributed by atoms with Crippen molar-refractivity contribution in [2.75, 3.05) is 13.2 Å². The van der Waals surface area contributed by atoms with E-state index in [1.807, 2.05) is 0 Å². The smallest absolute Gasteiger partial charge is 0.220 e. The van der Waals surface area contributed by atoms with Gasteiger partial charge in [-0.15, -0.1) is 0 Å². The minimum absolute atomic E-state index is 0.0634. The number of halogens is 1. The van der Waals surface area contributed by atoms with Crippen LogP contribution in [-0.2, 0) is 9.53 Å². The highest BCUT2D eigenvalue weighted by Crippen LogP contribution is 2.08. The van der Waals surface area contributed by atoms with Gasteiger partial charge in [0.2, 0.25) is 5.91 Å². The molecule has 0 aromatic heterocycles. The number of benzene rings is 1. The fraction of sp³-hybridized carbons (Fsp3) is 0.429. The van der Waals surface area contributed by atoms with Crippen LogP contribution >= 0.6 is 0 Å². The van der Waals surface area contributed by atoms with Gasteiger partial charge in [-0.2, -0.15) is 0 Å². The fourth-order valence-corrected chi connectivity index (χ4v) is 1.96. The number of hydrogen-bond donors (Lipinski definition) is 1. The predicted octanol–water partition coefficient (Wildman–Crippen LogP) is 1.69. The normalized spacial score (nSPS) is 18.3. The molecule has 0 aliphatic carbocycles. The highest BCUT2D eigenvalue weighted by molar-refractivity contribution is 5.97. The molecule has 1 saturated heterocycles. The van der Waals surface area contributed by atoms with Crippen molar-refractivity contribution in [2.45, 2.75) is 25.3 Å².